The van der Waals surface area contributed by atoms with Crippen LogP contribution in [-0.4, -0.2) is 15.0 Å². The Hall–Kier alpha value is -1.33. The zero-order valence-electron chi connectivity index (χ0n) is 7.71. The van der Waals surface area contributed by atoms with Crippen molar-refractivity contribution in [3.8, 4) is 0 Å². The van der Waals surface area contributed by atoms with Gasteiger partial charge in [-0.05, 0) is 6.92 Å². The average molecular weight is 206 g/mol. The van der Waals surface area contributed by atoms with Crippen LogP contribution >= 0.6 is 11.3 Å². The van der Waals surface area contributed by atoms with Gasteiger partial charge in [0, 0.05) is 12.4 Å². The minimum atomic E-state index is -0.212. The van der Waals surface area contributed by atoms with Crippen molar-refractivity contribution in [3.63, 3.8) is 0 Å². The van der Waals surface area contributed by atoms with Crippen molar-refractivity contribution in [2.45, 2.75) is 13.0 Å². The second-order valence-electron chi connectivity index (χ2n) is 2.91. The fourth-order valence-corrected chi connectivity index (χ4v) is 2.03. The first kappa shape index (κ1) is 9.23. The SMILES string of the molecule is Cc1ncsc1C(N)c1cnccn1. The van der Waals surface area contributed by atoms with Crippen molar-refractivity contribution in [3.05, 3.63) is 40.4 Å². The lowest BCUT2D eigenvalue weighted by Gasteiger charge is -2.08. The van der Waals surface area contributed by atoms with Crippen LogP contribution in [0.4, 0.5) is 0 Å². The smallest absolute Gasteiger partial charge is 0.0854 e. The molecule has 14 heavy (non-hydrogen) atoms. The number of hydrogen-bond donors (Lipinski definition) is 1. The van der Waals surface area contributed by atoms with Crippen molar-refractivity contribution in [2.24, 2.45) is 5.73 Å². The van der Waals surface area contributed by atoms with E-state index in [0.717, 1.165) is 16.3 Å². The molecule has 0 saturated carbocycles. The van der Waals surface area contributed by atoms with E-state index in [-0.39, 0.29) is 6.04 Å². The molecule has 0 aliphatic heterocycles. The highest BCUT2D eigenvalue weighted by atomic mass is 32.1. The molecular weight excluding hydrogens is 196 g/mol. The maximum Gasteiger partial charge on any atom is 0.0854 e. The predicted octanol–water partition coefficient (Wildman–Crippen LogP) is 1.29. The molecule has 2 aromatic rings. The zero-order valence-corrected chi connectivity index (χ0v) is 8.53. The standard InChI is InChI=1S/C9H10N4S/c1-6-9(14-5-13-6)8(10)7-4-11-2-3-12-7/h2-5,8H,10H2,1H3. The third-order valence-corrected chi connectivity index (χ3v) is 2.98. The molecule has 2 aromatic heterocycles. The maximum absolute atomic E-state index is 6.03. The van der Waals surface area contributed by atoms with Crippen LogP contribution in [0, 0.1) is 6.92 Å². The summed E-state index contributed by atoms with van der Waals surface area (Å²) in [6, 6.07) is -0.212. The Morgan fingerprint density at radius 2 is 2.21 bits per heavy atom. The first-order chi connectivity index (χ1) is 6.79. The first-order valence-corrected chi connectivity index (χ1v) is 5.08. The number of hydrogen-bond acceptors (Lipinski definition) is 5. The molecule has 4 nitrogen and oxygen atoms in total. The first-order valence-electron chi connectivity index (χ1n) is 4.20. The van der Waals surface area contributed by atoms with E-state index in [9.17, 15) is 0 Å². The summed E-state index contributed by atoms with van der Waals surface area (Å²) in [5.41, 5.74) is 9.57. The third-order valence-electron chi connectivity index (χ3n) is 1.97. The Bertz CT molecular complexity index is 412. The van der Waals surface area contributed by atoms with E-state index in [2.05, 4.69) is 15.0 Å². The highest BCUT2D eigenvalue weighted by Gasteiger charge is 2.14. The molecule has 2 heterocycles. The number of nitrogens with two attached hydrogens (primary N) is 1. The molecule has 0 spiro atoms. The molecular formula is C9H10N4S. The number of nitrogens with zero attached hydrogens (tertiary/aromatic N) is 3. The normalized spacial score (nSPS) is 12.7. The lowest BCUT2D eigenvalue weighted by atomic mass is 10.2. The quantitative estimate of drug-likeness (QED) is 0.804. The van der Waals surface area contributed by atoms with Gasteiger partial charge in [0.15, 0.2) is 0 Å². The van der Waals surface area contributed by atoms with Crippen molar-refractivity contribution in [1.82, 2.24) is 15.0 Å². The largest absolute Gasteiger partial charge is 0.318 e. The number of thiazole rings is 1. The summed E-state index contributed by atoms with van der Waals surface area (Å²) in [5.74, 6) is 0. The molecule has 0 amide bonds. The second kappa shape index (κ2) is 3.81. The third kappa shape index (κ3) is 1.64. The van der Waals surface area contributed by atoms with Crippen LogP contribution in [0.1, 0.15) is 22.3 Å². The van der Waals surface area contributed by atoms with Crippen molar-refractivity contribution < 1.29 is 0 Å². The highest BCUT2D eigenvalue weighted by Crippen LogP contribution is 2.23. The van der Waals surface area contributed by atoms with Gasteiger partial charge in [0.1, 0.15) is 0 Å². The van der Waals surface area contributed by atoms with Gasteiger partial charge < -0.3 is 5.73 Å². The fraction of sp³-hybridized carbons (Fsp3) is 0.222. The molecule has 0 fully saturated rings. The van der Waals surface area contributed by atoms with Gasteiger partial charge in [-0.25, -0.2) is 4.98 Å². The topological polar surface area (TPSA) is 64.7 Å². The minimum Gasteiger partial charge on any atom is -0.318 e. The van der Waals surface area contributed by atoms with Gasteiger partial charge in [0.25, 0.3) is 0 Å². The Morgan fingerprint density at radius 3 is 2.79 bits per heavy atom. The van der Waals surface area contributed by atoms with E-state index in [4.69, 9.17) is 5.73 Å². The summed E-state index contributed by atoms with van der Waals surface area (Å²) in [6.45, 7) is 1.95. The van der Waals surface area contributed by atoms with E-state index in [1.807, 2.05) is 6.92 Å². The molecule has 2 rings (SSSR count). The molecule has 0 aromatic carbocycles. The summed E-state index contributed by atoms with van der Waals surface area (Å²) >= 11 is 1.55. The van der Waals surface area contributed by atoms with Crippen LogP contribution in [-0.2, 0) is 0 Å². The number of aromatic nitrogens is 3. The summed E-state index contributed by atoms with van der Waals surface area (Å²) in [5, 5.41) is 0. The van der Waals surface area contributed by atoms with Gasteiger partial charge >= 0.3 is 0 Å². The average Bonchev–Trinajstić information content (AvgIpc) is 2.65. The maximum atomic E-state index is 6.03. The van der Waals surface area contributed by atoms with Crippen LogP contribution < -0.4 is 5.73 Å². The van der Waals surface area contributed by atoms with Gasteiger partial charge in [-0.3, -0.25) is 9.97 Å². The summed E-state index contributed by atoms with van der Waals surface area (Å²) in [7, 11) is 0. The van der Waals surface area contributed by atoms with E-state index in [1.165, 1.54) is 0 Å². The Balaban J connectivity index is 2.34. The van der Waals surface area contributed by atoms with Gasteiger partial charge in [-0.2, -0.15) is 0 Å². The summed E-state index contributed by atoms with van der Waals surface area (Å²) in [6.07, 6.45) is 4.96. The predicted molar refractivity (Wildman–Crippen MR) is 54.9 cm³/mol. The highest BCUT2D eigenvalue weighted by molar-refractivity contribution is 7.09. The van der Waals surface area contributed by atoms with Gasteiger partial charge in [0.2, 0.25) is 0 Å². The van der Waals surface area contributed by atoms with E-state index in [1.54, 1.807) is 35.4 Å². The van der Waals surface area contributed by atoms with Crippen LogP contribution in [0.15, 0.2) is 24.1 Å². The Morgan fingerprint density at radius 1 is 1.36 bits per heavy atom. The Kier molecular flexibility index (Phi) is 2.51. The fourth-order valence-electron chi connectivity index (χ4n) is 1.21. The molecule has 0 saturated heterocycles. The van der Waals surface area contributed by atoms with Crippen LogP contribution in [0.2, 0.25) is 0 Å². The zero-order chi connectivity index (χ0) is 9.97. The van der Waals surface area contributed by atoms with Crippen LogP contribution in [0.5, 0.6) is 0 Å². The molecule has 1 atom stereocenters. The molecule has 0 bridgehead atoms. The van der Waals surface area contributed by atoms with Crippen molar-refractivity contribution >= 4 is 11.3 Å². The molecule has 1 unspecified atom stereocenters. The number of aryl methyl sites for hydroxylation is 1. The molecule has 72 valence electrons. The summed E-state index contributed by atoms with van der Waals surface area (Å²) < 4.78 is 0. The lowest BCUT2D eigenvalue weighted by Crippen LogP contribution is -2.13. The molecule has 0 aliphatic rings. The molecule has 2 N–H and O–H groups in total. The monoisotopic (exact) mass is 206 g/mol. The van der Waals surface area contributed by atoms with Gasteiger partial charge in [-0.1, -0.05) is 0 Å². The minimum absolute atomic E-state index is 0.212. The molecule has 5 heteroatoms. The van der Waals surface area contributed by atoms with Crippen LogP contribution in [0.25, 0.3) is 0 Å². The molecule has 0 aliphatic carbocycles. The van der Waals surface area contributed by atoms with Gasteiger partial charge in [0.05, 0.1) is 34.0 Å². The molecule has 0 radical (unpaired) electrons. The van der Waals surface area contributed by atoms with Crippen molar-refractivity contribution in [1.29, 1.82) is 0 Å². The van der Waals surface area contributed by atoms with Gasteiger partial charge in [-0.15, -0.1) is 11.3 Å². The van der Waals surface area contributed by atoms with Crippen molar-refractivity contribution in [2.75, 3.05) is 0 Å². The Labute approximate surface area is 85.9 Å². The van der Waals surface area contributed by atoms with Crippen LogP contribution in [0.3, 0.4) is 0 Å². The lowest BCUT2D eigenvalue weighted by molar-refractivity contribution is 0.823. The van der Waals surface area contributed by atoms with E-state index >= 15 is 0 Å². The number of rotatable bonds is 2. The second-order valence-corrected chi connectivity index (χ2v) is 3.80. The van der Waals surface area contributed by atoms with E-state index in [0.29, 0.717) is 0 Å². The van der Waals surface area contributed by atoms with E-state index < -0.39 is 0 Å². The summed E-state index contributed by atoms with van der Waals surface area (Å²) in [4.78, 5) is 13.4.